The van der Waals surface area contributed by atoms with E-state index in [1.807, 2.05) is 12.1 Å². The molecule has 2 aromatic rings. The molecular formula is C32H45F3N4O3Si. The Bertz CT molecular complexity index is 1340. The molecule has 1 aliphatic carbocycles. The standard InChI is InChI=1S/C32H45F3N4O3Si/c1-20(40)39-19-23(42-43(8,9)30(2,3)4)17-26(39)29(41)38(7)28(32(33,34)35)25-15-14-22(18-36-25)37-27-16-21-12-10-11-13-24(21)31(27,5)6/h10-15,18,23,26-28,37H,16-17,19H2,1-9H3/t23-,26+,27+,28?/m1/s1. The van der Waals surface area contributed by atoms with Gasteiger partial charge in [0, 0.05) is 38.4 Å². The minimum Gasteiger partial charge on any atom is -0.412 e. The average molecular weight is 619 g/mol. The number of aromatic nitrogens is 1. The van der Waals surface area contributed by atoms with Crippen LogP contribution in [-0.4, -0.2) is 72.9 Å². The van der Waals surface area contributed by atoms with Crippen molar-refractivity contribution in [2.24, 2.45) is 0 Å². The summed E-state index contributed by atoms with van der Waals surface area (Å²) in [6, 6.07) is 7.85. The van der Waals surface area contributed by atoms with Crippen molar-refractivity contribution in [2.45, 2.75) is 108 Å². The van der Waals surface area contributed by atoms with Gasteiger partial charge in [-0.05, 0) is 47.8 Å². The molecule has 7 nitrogen and oxygen atoms in total. The Balaban J connectivity index is 1.52. The van der Waals surface area contributed by atoms with Crippen LogP contribution in [0, 0.1) is 0 Å². The number of hydrogen-bond donors (Lipinski definition) is 1. The van der Waals surface area contributed by atoms with Crippen molar-refractivity contribution in [3.8, 4) is 0 Å². The van der Waals surface area contributed by atoms with Gasteiger partial charge in [-0.2, -0.15) is 13.2 Å². The van der Waals surface area contributed by atoms with Gasteiger partial charge in [-0.25, -0.2) is 0 Å². The first-order valence-corrected chi connectivity index (χ1v) is 17.7. The number of halogens is 3. The molecule has 1 aliphatic heterocycles. The van der Waals surface area contributed by atoms with Crippen molar-refractivity contribution in [2.75, 3.05) is 18.9 Å². The van der Waals surface area contributed by atoms with Gasteiger partial charge >= 0.3 is 6.18 Å². The summed E-state index contributed by atoms with van der Waals surface area (Å²) in [4.78, 5) is 32.4. The second kappa shape index (κ2) is 11.5. The predicted molar refractivity (Wildman–Crippen MR) is 164 cm³/mol. The molecule has 2 aliphatic rings. The number of nitrogens with zero attached hydrogens (tertiary/aromatic N) is 3. The molecule has 0 bridgehead atoms. The third kappa shape index (κ3) is 6.62. The average Bonchev–Trinajstić information content (AvgIpc) is 3.41. The summed E-state index contributed by atoms with van der Waals surface area (Å²) >= 11 is 0. The van der Waals surface area contributed by atoms with Crippen molar-refractivity contribution in [3.63, 3.8) is 0 Å². The maximum absolute atomic E-state index is 14.5. The lowest BCUT2D eigenvalue weighted by atomic mass is 9.83. The zero-order chi connectivity index (χ0) is 32.1. The molecule has 43 heavy (non-hydrogen) atoms. The smallest absolute Gasteiger partial charge is 0.412 e. The summed E-state index contributed by atoms with van der Waals surface area (Å²) in [5.41, 5.74) is 2.64. The monoisotopic (exact) mass is 618 g/mol. The Morgan fingerprint density at radius 2 is 1.79 bits per heavy atom. The molecule has 1 saturated heterocycles. The second-order valence-corrected chi connectivity index (χ2v) is 18.8. The minimum absolute atomic E-state index is 0.0432. The van der Waals surface area contributed by atoms with Gasteiger partial charge in [-0.1, -0.05) is 58.9 Å². The largest absolute Gasteiger partial charge is 0.414 e. The maximum atomic E-state index is 14.5. The number of hydrogen-bond acceptors (Lipinski definition) is 5. The molecule has 1 aromatic heterocycles. The SMILES string of the molecule is CC(=O)N1C[C@H](O[Si](C)(C)C(C)(C)C)C[C@H]1C(=O)N(C)C(c1ccc(N[C@H]2Cc3ccccc3C2(C)C)cn1)C(F)(F)F. The molecule has 1 unspecified atom stereocenters. The van der Waals surface area contributed by atoms with Gasteiger partial charge in [0.2, 0.25) is 11.8 Å². The molecule has 0 spiro atoms. The van der Waals surface area contributed by atoms with E-state index in [4.69, 9.17) is 4.43 Å². The Labute approximate surface area is 254 Å². The Hall–Kier alpha value is -2.92. The highest BCUT2D eigenvalue weighted by molar-refractivity contribution is 6.74. The first kappa shape index (κ1) is 33.0. The molecule has 1 fully saturated rings. The molecule has 2 amide bonds. The number of anilines is 1. The van der Waals surface area contributed by atoms with Crippen LogP contribution in [0.2, 0.25) is 18.1 Å². The van der Waals surface area contributed by atoms with Crippen LogP contribution in [-0.2, 0) is 25.9 Å². The number of alkyl halides is 3. The first-order valence-electron chi connectivity index (χ1n) is 14.8. The van der Waals surface area contributed by atoms with E-state index in [2.05, 4.69) is 70.1 Å². The van der Waals surface area contributed by atoms with E-state index in [1.165, 1.54) is 35.2 Å². The molecule has 0 radical (unpaired) electrons. The van der Waals surface area contributed by atoms with Gasteiger partial charge in [0.05, 0.1) is 23.7 Å². The van der Waals surface area contributed by atoms with Gasteiger partial charge in [-0.3, -0.25) is 14.6 Å². The third-order valence-corrected chi connectivity index (χ3v) is 14.2. The van der Waals surface area contributed by atoms with Crippen molar-refractivity contribution in [3.05, 3.63) is 59.4 Å². The minimum atomic E-state index is -4.78. The van der Waals surface area contributed by atoms with E-state index in [9.17, 15) is 22.8 Å². The van der Waals surface area contributed by atoms with Crippen LogP contribution in [0.4, 0.5) is 18.9 Å². The first-order chi connectivity index (χ1) is 19.7. The number of benzene rings is 1. The zero-order valence-electron chi connectivity index (χ0n) is 26.7. The highest BCUT2D eigenvalue weighted by atomic mass is 28.4. The number of carbonyl (C=O) groups is 2. The summed E-state index contributed by atoms with van der Waals surface area (Å²) in [6.07, 6.45) is -2.87. The number of rotatable bonds is 7. The number of carbonyl (C=O) groups excluding carboxylic acids is 2. The lowest BCUT2D eigenvalue weighted by Gasteiger charge is -2.38. The van der Waals surface area contributed by atoms with Gasteiger partial charge < -0.3 is 19.5 Å². The third-order valence-electron chi connectivity index (χ3n) is 9.68. The Morgan fingerprint density at radius 1 is 1.14 bits per heavy atom. The molecule has 1 N–H and O–H groups in total. The molecule has 4 atom stereocenters. The summed E-state index contributed by atoms with van der Waals surface area (Å²) in [5.74, 6) is -1.16. The van der Waals surface area contributed by atoms with Crippen LogP contribution in [0.3, 0.4) is 0 Å². The van der Waals surface area contributed by atoms with Crippen LogP contribution in [0.1, 0.15) is 70.8 Å². The number of likely N-dealkylation sites (tertiary alicyclic amines) is 1. The highest BCUT2D eigenvalue weighted by Crippen LogP contribution is 2.42. The Kier molecular flexibility index (Phi) is 8.85. The second-order valence-electron chi connectivity index (χ2n) is 14.1. The summed E-state index contributed by atoms with van der Waals surface area (Å²) in [7, 11) is -1.10. The summed E-state index contributed by atoms with van der Waals surface area (Å²) in [5, 5.41) is 3.35. The highest BCUT2D eigenvalue weighted by Gasteiger charge is 2.51. The summed E-state index contributed by atoms with van der Waals surface area (Å²) < 4.78 is 50.0. The van der Waals surface area contributed by atoms with Crippen LogP contribution in [0.15, 0.2) is 42.6 Å². The van der Waals surface area contributed by atoms with Crippen molar-refractivity contribution < 1.29 is 27.2 Å². The molecule has 1 aromatic carbocycles. The molecule has 4 rings (SSSR count). The van der Waals surface area contributed by atoms with E-state index >= 15 is 0 Å². The number of pyridine rings is 1. The molecule has 236 valence electrons. The van der Waals surface area contributed by atoms with Crippen molar-refractivity contribution in [1.82, 2.24) is 14.8 Å². The number of fused-ring (bicyclic) bond motifs is 1. The normalized spacial score (nSPS) is 22.7. The topological polar surface area (TPSA) is 74.8 Å². The Morgan fingerprint density at radius 3 is 2.33 bits per heavy atom. The van der Waals surface area contributed by atoms with Crippen molar-refractivity contribution in [1.29, 1.82) is 0 Å². The van der Waals surface area contributed by atoms with Gasteiger partial charge in [0.15, 0.2) is 14.4 Å². The quantitative estimate of drug-likeness (QED) is 0.360. The molecule has 2 heterocycles. The lowest BCUT2D eigenvalue weighted by molar-refractivity contribution is -0.191. The molecular weight excluding hydrogens is 573 g/mol. The van der Waals surface area contributed by atoms with E-state index < -0.39 is 38.6 Å². The predicted octanol–water partition coefficient (Wildman–Crippen LogP) is 6.47. The fourth-order valence-corrected chi connectivity index (χ4v) is 7.44. The fraction of sp³-hybridized carbons (Fsp3) is 0.594. The van der Waals surface area contributed by atoms with Crippen LogP contribution in [0.5, 0.6) is 0 Å². The lowest BCUT2D eigenvalue weighted by Crippen LogP contribution is -2.49. The number of nitrogens with one attached hydrogen (secondary N) is 1. The molecule has 0 saturated carbocycles. The van der Waals surface area contributed by atoms with E-state index in [0.29, 0.717) is 10.6 Å². The number of likely N-dealkylation sites (N-methyl/N-ethyl adjacent to an activating group) is 1. The van der Waals surface area contributed by atoms with E-state index in [0.717, 1.165) is 13.5 Å². The maximum Gasteiger partial charge on any atom is 0.414 e. The molecule has 11 heteroatoms. The van der Waals surface area contributed by atoms with Gasteiger partial charge in [-0.15, -0.1) is 0 Å². The summed E-state index contributed by atoms with van der Waals surface area (Å²) in [6.45, 7) is 16.2. The van der Waals surface area contributed by atoms with Gasteiger partial charge in [0.1, 0.15) is 6.04 Å². The number of amides is 2. The van der Waals surface area contributed by atoms with Crippen molar-refractivity contribution >= 4 is 25.8 Å². The van der Waals surface area contributed by atoms with Gasteiger partial charge in [0.25, 0.3) is 0 Å². The van der Waals surface area contributed by atoms with Crippen LogP contribution < -0.4 is 5.32 Å². The fourth-order valence-electron chi connectivity index (χ4n) is 6.08. The van der Waals surface area contributed by atoms with E-state index in [1.54, 1.807) is 6.07 Å². The van der Waals surface area contributed by atoms with E-state index in [-0.39, 0.29) is 41.1 Å². The van der Waals surface area contributed by atoms with Crippen LogP contribution in [0.25, 0.3) is 0 Å². The van der Waals surface area contributed by atoms with Crippen LogP contribution >= 0.6 is 0 Å². The zero-order valence-corrected chi connectivity index (χ0v) is 27.7.